The van der Waals surface area contributed by atoms with Crippen molar-refractivity contribution in [2.45, 2.75) is 0 Å². The van der Waals surface area contributed by atoms with Crippen LogP contribution >= 0.6 is 0 Å². The first kappa shape index (κ1) is 9.85. The Hall–Kier alpha value is -2.24. The zero-order chi connectivity index (χ0) is 10.6. The van der Waals surface area contributed by atoms with Crippen LogP contribution in [-0.2, 0) is 0 Å². The van der Waals surface area contributed by atoms with E-state index < -0.39 is 0 Å². The largest absolute Gasteiger partial charge is 0.504 e. The molecule has 0 saturated heterocycles. The fraction of sp³-hybridized carbons (Fsp3) is 0. The van der Waals surface area contributed by atoms with E-state index in [0.29, 0.717) is 5.56 Å². The lowest BCUT2D eigenvalue weighted by Crippen LogP contribution is -2.63. The van der Waals surface area contributed by atoms with Crippen molar-refractivity contribution in [1.29, 1.82) is 0 Å². The summed E-state index contributed by atoms with van der Waals surface area (Å²) in [4.78, 5) is 0. The number of benzene rings is 1. The van der Waals surface area contributed by atoms with Gasteiger partial charge in [-0.15, -0.1) is 5.10 Å². The highest BCUT2D eigenvalue weighted by atomic mass is 16.3. The van der Waals surface area contributed by atoms with Gasteiger partial charge >= 0.3 is 0 Å². The summed E-state index contributed by atoms with van der Waals surface area (Å²) >= 11 is 0. The lowest BCUT2D eigenvalue weighted by atomic mass is 10.2. The molecule has 0 aromatic heterocycles. The molecule has 0 aliphatic carbocycles. The van der Waals surface area contributed by atoms with Gasteiger partial charge in [0, 0.05) is 10.7 Å². The minimum Gasteiger partial charge on any atom is -0.504 e. The molecule has 0 amide bonds. The first-order chi connectivity index (χ1) is 6.59. The molecule has 1 aromatic carbocycles. The smallest absolute Gasteiger partial charge is 0.256 e. The number of phenolic OH excluding ortho intramolecular Hbond substituents is 2. The van der Waals surface area contributed by atoms with E-state index >= 15 is 0 Å². The van der Waals surface area contributed by atoms with Crippen LogP contribution in [0, 0.1) is 0 Å². The highest BCUT2D eigenvalue weighted by Crippen LogP contribution is 2.23. The molecule has 14 heavy (non-hydrogen) atoms. The molecule has 0 bridgehead atoms. The van der Waals surface area contributed by atoms with Crippen LogP contribution in [0.5, 0.6) is 11.5 Å². The van der Waals surface area contributed by atoms with Crippen LogP contribution in [0.2, 0.25) is 0 Å². The standard InChI is InChI=1S/C8H10N4O2/c9-8(10)12-11-4-5-1-2-6(13)7(14)3-5/h1-4,13-14H,(H4,9,10,12)/p+1. The van der Waals surface area contributed by atoms with Gasteiger partial charge in [0.05, 0.1) is 0 Å². The molecule has 0 spiro atoms. The van der Waals surface area contributed by atoms with Crippen molar-refractivity contribution in [3.63, 3.8) is 0 Å². The van der Waals surface area contributed by atoms with Gasteiger partial charge in [-0.2, -0.15) is 0 Å². The predicted octanol–water partition coefficient (Wildman–Crippen LogP) is -2.21. The average molecular weight is 195 g/mol. The average Bonchev–Trinajstić information content (AvgIpc) is 2.10. The summed E-state index contributed by atoms with van der Waals surface area (Å²) in [5.41, 5.74) is 10.8. The number of guanidine groups is 1. The van der Waals surface area contributed by atoms with Gasteiger partial charge in [-0.25, -0.2) is 0 Å². The molecule has 0 radical (unpaired) electrons. The van der Waals surface area contributed by atoms with Crippen LogP contribution in [0.25, 0.3) is 0 Å². The Bertz CT molecular complexity index is 383. The molecular formula is C8H11N4O2+. The Kier molecular flexibility index (Phi) is 2.90. The van der Waals surface area contributed by atoms with Crippen molar-refractivity contribution in [1.82, 2.24) is 0 Å². The molecule has 6 nitrogen and oxygen atoms in total. The number of rotatable bonds is 2. The zero-order valence-electron chi connectivity index (χ0n) is 7.31. The van der Waals surface area contributed by atoms with Gasteiger partial charge in [0.15, 0.2) is 11.5 Å². The zero-order valence-corrected chi connectivity index (χ0v) is 7.31. The van der Waals surface area contributed by atoms with Crippen molar-refractivity contribution in [2.75, 3.05) is 0 Å². The van der Waals surface area contributed by atoms with Crippen molar-refractivity contribution < 1.29 is 15.3 Å². The van der Waals surface area contributed by atoms with Gasteiger partial charge in [-0.3, -0.25) is 0 Å². The van der Waals surface area contributed by atoms with Crippen molar-refractivity contribution in [3.05, 3.63) is 23.8 Å². The molecule has 6 heteroatoms. The summed E-state index contributed by atoms with van der Waals surface area (Å²) in [7, 11) is 0. The third kappa shape index (κ3) is 2.67. The normalized spacial score (nSPS) is 10.3. The predicted molar refractivity (Wildman–Crippen MR) is 51.7 cm³/mol. The summed E-state index contributed by atoms with van der Waals surface area (Å²) in [5, 5.41) is 24.1. The number of nitrogens with one attached hydrogen (secondary N) is 1. The molecule has 0 atom stereocenters. The van der Waals surface area contributed by atoms with E-state index in [9.17, 15) is 0 Å². The number of nitrogens with two attached hydrogens (primary N) is 2. The van der Waals surface area contributed by atoms with E-state index in [0.717, 1.165) is 0 Å². The number of phenols is 2. The molecule has 0 heterocycles. The summed E-state index contributed by atoms with van der Waals surface area (Å²) in [5.74, 6) is -0.474. The summed E-state index contributed by atoms with van der Waals surface area (Å²) in [6.45, 7) is 0. The highest BCUT2D eigenvalue weighted by Gasteiger charge is 1.99. The molecule has 1 aromatic rings. The monoisotopic (exact) mass is 195 g/mol. The maximum Gasteiger partial charge on any atom is 0.256 e. The maximum absolute atomic E-state index is 9.13. The molecule has 0 aliphatic rings. The lowest BCUT2D eigenvalue weighted by molar-refractivity contribution is -0.456. The quantitative estimate of drug-likeness (QED) is 0.159. The molecule has 74 valence electrons. The van der Waals surface area contributed by atoms with Crippen LogP contribution in [0.3, 0.4) is 0 Å². The molecule has 0 unspecified atom stereocenters. The summed E-state index contributed by atoms with van der Waals surface area (Å²) < 4.78 is 0. The van der Waals surface area contributed by atoms with Crippen LogP contribution in [0.4, 0.5) is 0 Å². The maximum atomic E-state index is 9.13. The van der Waals surface area contributed by atoms with E-state index in [4.69, 9.17) is 21.7 Å². The van der Waals surface area contributed by atoms with Crippen molar-refractivity contribution >= 4 is 12.2 Å². The second kappa shape index (κ2) is 4.13. The number of hydrogen-bond acceptors (Lipinski definition) is 3. The van der Waals surface area contributed by atoms with Gasteiger partial charge in [-0.1, -0.05) is 0 Å². The SMILES string of the molecule is NC(N)=N[NH+]=Cc1ccc(O)c(O)c1. The third-order valence-corrected chi connectivity index (χ3v) is 1.42. The summed E-state index contributed by atoms with van der Waals surface area (Å²) in [6, 6.07) is 4.31. The molecular weight excluding hydrogens is 184 g/mol. The van der Waals surface area contributed by atoms with Crippen LogP contribution in [-0.4, -0.2) is 22.4 Å². The van der Waals surface area contributed by atoms with Gasteiger partial charge < -0.3 is 21.7 Å². The summed E-state index contributed by atoms with van der Waals surface area (Å²) in [6.07, 6.45) is 1.47. The molecule has 0 saturated carbocycles. The van der Waals surface area contributed by atoms with Crippen molar-refractivity contribution in [3.8, 4) is 11.5 Å². The fourth-order valence-electron chi connectivity index (χ4n) is 0.812. The Morgan fingerprint density at radius 3 is 2.57 bits per heavy atom. The minimum absolute atomic E-state index is 0.0933. The van der Waals surface area contributed by atoms with E-state index in [1.165, 1.54) is 18.3 Å². The third-order valence-electron chi connectivity index (χ3n) is 1.42. The molecule has 1 rings (SSSR count). The number of hydrogen-bond donors (Lipinski definition) is 5. The van der Waals surface area contributed by atoms with Crippen molar-refractivity contribution in [2.24, 2.45) is 16.6 Å². The first-order valence-corrected chi connectivity index (χ1v) is 3.79. The van der Waals surface area contributed by atoms with Crippen LogP contribution in [0.15, 0.2) is 23.3 Å². The van der Waals surface area contributed by atoms with Gasteiger partial charge in [0.2, 0.25) is 6.21 Å². The van der Waals surface area contributed by atoms with Gasteiger partial charge in [-0.05, 0) is 18.2 Å². The number of hydrazone groups is 1. The fourth-order valence-corrected chi connectivity index (χ4v) is 0.812. The van der Waals surface area contributed by atoms with E-state index in [-0.39, 0.29) is 17.5 Å². The Morgan fingerprint density at radius 1 is 1.29 bits per heavy atom. The Morgan fingerprint density at radius 2 is 2.00 bits per heavy atom. The van der Waals surface area contributed by atoms with E-state index in [1.54, 1.807) is 6.07 Å². The minimum atomic E-state index is -0.203. The van der Waals surface area contributed by atoms with E-state index in [2.05, 4.69) is 10.2 Å². The lowest BCUT2D eigenvalue weighted by Gasteiger charge is -1.95. The second-order valence-corrected chi connectivity index (χ2v) is 2.56. The number of aromatic hydroxyl groups is 2. The number of nitrogens with zero attached hydrogens (tertiary/aromatic N) is 1. The molecule has 0 fully saturated rings. The van der Waals surface area contributed by atoms with E-state index in [1.807, 2.05) is 0 Å². The Labute approximate surface area is 80.2 Å². The molecule has 7 N–H and O–H groups in total. The highest BCUT2D eigenvalue weighted by molar-refractivity contribution is 5.77. The Balaban J connectivity index is 2.83. The second-order valence-electron chi connectivity index (χ2n) is 2.56. The topological polar surface area (TPSA) is 119 Å². The van der Waals surface area contributed by atoms with Gasteiger partial charge in [0.25, 0.3) is 5.96 Å². The first-order valence-electron chi connectivity index (χ1n) is 3.79. The van der Waals surface area contributed by atoms with Crippen LogP contribution < -0.4 is 16.6 Å². The van der Waals surface area contributed by atoms with Gasteiger partial charge in [0.1, 0.15) is 0 Å². The molecule has 0 aliphatic heterocycles. The van der Waals surface area contributed by atoms with Crippen LogP contribution in [0.1, 0.15) is 5.56 Å².